The minimum atomic E-state index is -3.94. The molecule has 0 bridgehead atoms. The lowest BCUT2D eigenvalue weighted by molar-refractivity contribution is 0.308. The van der Waals surface area contributed by atoms with Crippen molar-refractivity contribution in [2.45, 2.75) is 11.5 Å². The summed E-state index contributed by atoms with van der Waals surface area (Å²) in [7, 11) is -5.66. The molecule has 5 nitrogen and oxygen atoms in total. The summed E-state index contributed by atoms with van der Waals surface area (Å²) in [6.45, 7) is -0.0743. The monoisotopic (exact) mass is 292 g/mol. The molecule has 0 aromatic heterocycles. The molecule has 2 N–H and O–H groups in total. The Morgan fingerprint density at radius 3 is 2.35 bits per heavy atom. The van der Waals surface area contributed by atoms with Gasteiger partial charge < -0.3 is 10.0 Å². The normalized spacial score (nSPS) is 11.3. The van der Waals surface area contributed by atoms with E-state index >= 15 is 0 Å². The van der Waals surface area contributed by atoms with Crippen molar-refractivity contribution in [3.63, 3.8) is 0 Å². The van der Waals surface area contributed by atoms with Crippen molar-refractivity contribution in [2.75, 3.05) is 0 Å². The molecular weight excluding hydrogens is 279 g/mol. The molecular formula is C13H13BO5S. The molecule has 0 aliphatic heterocycles. The summed E-state index contributed by atoms with van der Waals surface area (Å²) in [4.78, 5) is -0.112. The fourth-order valence-corrected chi connectivity index (χ4v) is 2.57. The highest BCUT2D eigenvalue weighted by Gasteiger charge is 2.19. The highest BCUT2D eigenvalue weighted by molar-refractivity contribution is 7.86. The average Bonchev–Trinajstić information content (AvgIpc) is 2.46. The molecule has 0 atom stereocenters. The zero-order valence-corrected chi connectivity index (χ0v) is 11.3. The standard InChI is InChI=1S/C13H13BO5S/c15-14(16)12-7-4-8-13(9-12)20(17,18)19-10-11-5-2-1-3-6-11/h1-9,15-16H,10H2. The molecule has 0 heterocycles. The number of benzene rings is 2. The number of rotatable bonds is 5. The fourth-order valence-electron chi connectivity index (χ4n) is 1.62. The summed E-state index contributed by atoms with van der Waals surface area (Å²) in [6.07, 6.45) is 0. The van der Waals surface area contributed by atoms with E-state index in [9.17, 15) is 8.42 Å². The van der Waals surface area contributed by atoms with Gasteiger partial charge in [-0.3, -0.25) is 4.18 Å². The van der Waals surface area contributed by atoms with Crippen molar-refractivity contribution < 1.29 is 22.6 Å². The van der Waals surface area contributed by atoms with Gasteiger partial charge in [0, 0.05) is 0 Å². The summed E-state index contributed by atoms with van der Waals surface area (Å²) in [5.74, 6) is 0. The van der Waals surface area contributed by atoms with E-state index in [1.54, 1.807) is 24.3 Å². The van der Waals surface area contributed by atoms with Crippen molar-refractivity contribution in [3.05, 3.63) is 60.2 Å². The molecule has 0 unspecified atom stereocenters. The van der Waals surface area contributed by atoms with Crippen molar-refractivity contribution in [2.24, 2.45) is 0 Å². The third-order valence-corrected chi connectivity index (χ3v) is 3.93. The molecule has 20 heavy (non-hydrogen) atoms. The predicted molar refractivity (Wildman–Crippen MR) is 74.7 cm³/mol. The van der Waals surface area contributed by atoms with Gasteiger partial charge in [0.1, 0.15) is 0 Å². The Bertz CT molecular complexity index is 670. The van der Waals surface area contributed by atoms with Crippen LogP contribution >= 0.6 is 0 Å². The van der Waals surface area contributed by atoms with Crippen LogP contribution in [0.2, 0.25) is 0 Å². The van der Waals surface area contributed by atoms with Crippen molar-refractivity contribution in [3.8, 4) is 0 Å². The molecule has 104 valence electrons. The second-order valence-electron chi connectivity index (χ2n) is 4.15. The quantitative estimate of drug-likeness (QED) is 0.610. The van der Waals surface area contributed by atoms with Crippen LogP contribution in [0.4, 0.5) is 0 Å². The van der Waals surface area contributed by atoms with E-state index in [-0.39, 0.29) is 17.0 Å². The lowest BCUT2D eigenvalue weighted by Gasteiger charge is -2.07. The van der Waals surface area contributed by atoms with Gasteiger partial charge in [-0.15, -0.1) is 0 Å². The summed E-state index contributed by atoms with van der Waals surface area (Å²) in [5.41, 5.74) is 0.823. The maximum absolute atomic E-state index is 12.0. The SMILES string of the molecule is O=S(=O)(OCc1ccccc1)c1cccc(B(O)O)c1. The van der Waals surface area contributed by atoms with E-state index in [4.69, 9.17) is 14.2 Å². The van der Waals surface area contributed by atoms with Crippen LogP contribution in [-0.4, -0.2) is 25.6 Å². The zero-order valence-electron chi connectivity index (χ0n) is 10.5. The molecule has 7 heteroatoms. The lowest BCUT2D eigenvalue weighted by Crippen LogP contribution is -2.30. The van der Waals surface area contributed by atoms with Gasteiger partial charge in [-0.25, -0.2) is 0 Å². The molecule has 0 saturated heterocycles. The van der Waals surface area contributed by atoms with Gasteiger partial charge >= 0.3 is 7.12 Å². The number of hydrogen-bond acceptors (Lipinski definition) is 5. The van der Waals surface area contributed by atoms with Gasteiger partial charge in [0.15, 0.2) is 0 Å². The first-order chi connectivity index (χ1) is 9.49. The first kappa shape index (κ1) is 14.7. The van der Waals surface area contributed by atoms with E-state index in [0.717, 1.165) is 5.56 Å². The topological polar surface area (TPSA) is 83.8 Å². The first-order valence-corrected chi connectivity index (χ1v) is 7.29. The largest absolute Gasteiger partial charge is 0.488 e. The van der Waals surface area contributed by atoms with E-state index in [0.29, 0.717) is 0 Å². The Hall–Kier alpha value is -1.67. The van der Waals surface area contributed by atoms with Crippen LogP contribution in [0.15, 0.2) is 59.5 Å². The highest BCUT2D eigenvalue weighted by Crippen LogP contribution is 2.13. The Balaban J connectivity index is 2.16. The van der Waals surface area contributed by atoms with Crippen LogP contribution in [0.1, 0.15) is 5.56 Å². The molecule has 2 aromatic rings. The van der Waals surface area contributed by atoms with Crippen LogP contribution in [0.3, 0.4) is 0 Å². The van der Waals surface area contributed by atoms with E-state index in [1.165, 1.54) is 24.3 Å². The fraction of sp³-hybridized carbons (Fsp3) is 0.0769. The zero-order chi connectivity index (χ0) is 14.6. The van der Waals surface area contributed by atoms with Gasteiger partial charge in [-0.2, -0.15) is 8.42 Å². The molecule has 0 amide bonds. The van der Waals surface area contributed by atoms with Gasteiger partial charge in [0.25, 0.3) is 10.1 Å². The predicted octanol–water partition coefficient (Wildman–Crippen LogP) is 0.272. The van der Waals surface area contributed by atoms with Crippen LogP contribution in [-0.2, 0) is 20.9 Å². The third-order valence-electron chi connectivity index (χ3n) is 2.67. The summed E-state index contributed by atoms with van der Waals surface area (Å²) < 4.78 is 28.9. The number of hydrogen-bond donors (Lipinski definition) is 2. The van der Waals surface area contributed by atoms with Gasteiger partial charge in [0.2, 0.25) is 0 Å². The van der Waals surface area contributed by atoms with E-state index in [2.05, 4.69) is 0 Å². The molecule has 0 radical (unpaired) electrons. The van der Waals surface area contributed by atoms with Gasteiger partial charge in [0.05, 0.1) is 11.5 Å². The van der Waals surface area contributed by atoms with E-state index < -0.39 is 17.2 Å². The Kier molecular flexibility index (Phi) is 4.56. The molecule has 0 fully saturated rings. The van der Waals surface area contributed by atoms with Gasteiger partial charge in [-0.1, -0.05) is 42.5 Å². The molecule has 0 spiro atoms. The van der Waals surface area contributed by atoms with Crippen LogP contribution in [0.5, 0.6) is 0 Å². The summed E-state index contributed by atoms with van der Waals surface area (Å²) in [5, 5.41) is 18.1. The Labute approximate surface area is 117 Å². The molecule has 0 aliphatic rings. The maximum atomic E-state index is 12.0. The van der Waals surface area contributed by atoms with Crippen LogP contribution < -0.4 is 5.46 Å². The first-order valence-electron chi connectivity index (χ1n) is 5.88. The second kappa shape index (κ2) is 6.19. The van der Waals surface area contributed by atoms with Crippen LogP contribution in [0, 0.1) is 0 Å². The highest BCUT2D eigenvalue weighted by atomic mass is 32.2. The third kappa shape index (κ3) is 3.67. The van der Waals surface area contributed by atoms with Gasteiger partial charge in [-0.05, 0) is 23.2 Å². The Morgan fingerprint density at radius 2 is 1.70 bits per heavy atom. The average molecular weight is 292 g/mol. The minimum Gasteiger partial charge on any atom is -0.423 e. The smallest absolute Gasteiger partial charge is 0.423 e. The van der Waals surface area contributed by atoms with E-state index in [1.807, 2.05) is 6.07 Å². The lowest BCUT2D eigenvalue weighted by atomic mass is 9.81. The molecule has 2 aromatic carbocycles. The van der Waals surface area contributed by atoms with Crippen molar-refractivity contribution in [1.29, 1.82) is 0 Å². The summed E-state index contributed by atoms with van der Waals surface area (Å²) in [6, 6.07) is 14.3. The molecule has 2 rings (SSSR count). The van der Waals surface area contributed by atoms with Crippen molar-refractivity contribution >= 4 is 22.7 Å². The minimum absolute atomic E-state index is 0.0743. The van der Waals surface area contributed by atoms with Crippen molar-refractivity contribution in [1.82, 2.24) is 0 Å². The Morgan fingerprint density at radius 1 is 1.00 bits per heavy atom. The second-order valence-corrected chi connectivity index (χ2v) is 5.76. The molecule has 0 saturated carbocycles. The molecule has 0 aliphatic carbocycles. The summed E-state index contributed by atoms with van der Waals surface area (Å²) >= 11 is 0. The maximum Gasteiger partial charge on any atom is 0.488 e. The van der Waals surface area contributed by atoms with Crippen LogP contribution in [0.25, 0.3) is 0 Å².